The molecule has 1 aromatic carbocycles. The first-order chi connectivity index (χ1) is 9.58. The van der Waals surface area contributed by atoms with Crippen molar-refractivity contribution in [2.75, 3.05) is 13.2 Å². The molecule has 0 unspecified atom stereocenters. The summed E-state index contributed by atoms with van der Waals surface area (Å²) in [5.74, 6) is 0.424. The minimum Gasteiger partial charge on any atom is -0.394 e. The van der Waals surface area contributed by atoms with Gasteiger partial charge in [0, 0.05) is 5.02 Å². The molecular formula is C17H27ClO2. The zero-order valence-corrected chi connectivity index (χ0v) is 13.6. The number of ether oxygens (including phenoxy) is 1. The van der Waals surface area contributed by atoms with Crippen molar-refractivity contribution in [3.8, 4) is 0 Å². The lowest BCUT2D eigenvalue weighted by Crippen LogP contribution is -2.36. The van der Waals surface area contributed by atoms with Crippen LogP contribution in [0.25, 0.3) is 0 Å². The minimum absolute atomic E-state index is 0.0420. The summed E-state index contributed by atoms with van der Waals surface area (Å²) in [5.41, 5.74) is 0.707. The molecule has 1 rings (SSSR count). The molecule has 0 saturated heterocycles. The van der Waals surface area contributed by atoms with Crippen LogP contribution in [0.1, 0.15) is 52.0 Å². The highest BCUT2D eigenvalue weighted by Gasteiger charge is 2.35. The number of aliphatic hydroxyl groups excluding tert-OH is 1. The molecule has 2 nitrogen and oxygen atoms in total. The second kappa shape index (κ2) is 8.66. The summed E-state index contributed by atoms with van der Waals surface area (Å²) in [6.45, 7) is 6.92. The van der Waals surface area contributed by atoms with Crippen molar-refractivity contribution >= 4 is 11.6 Å². The Morgan fingerprint density at radius 2 is 2.10 bits per heavy atom. The second-order valence-corrected chi connectivity index (χ2v) is 5.87. The van der Waals surface area contributed by atoms with Crippen LogP contribution in [0.2, 0.25) is 5.02 Å². The van der Waals surface area contributed by atoms with Gasteiger partial charge in [-0.3, -0.25) is 0 Å². The molecule has 0 saturated carbocycles. The third kappa shape index (κ3) is 4.47. The Labute approximate surface area is 128 Å². The van der Waals surface area contributed by atoms with Gasteiger partial charge in [-0.05, 0) is 37.0 Å². The average Bonchev–Trinajstić information content (AvgIpc) is 2.45. The van der Waals surface area contributed by atoms with Crippen molar-refractivity contribution in [3.05, 3.63) is 34.9 Å². The van der Waals surface area contributed by atoms with Crippen LogP contribution in [0, 0.1) is 5.92 Å². The maximum Gasteiger partial charge on any atom is 0.0932 e. The Balaban J connectivity index is 3.05. The van der Waals surface area contributed by atoms with E-state index in [1.165, 1.54) is 12.8 Å². The molecule has 1 N–H and O–H groups in total. The molecule has 0 amide bonds. The molecule has 3 heteroatoms. The van der Waals surface area contributed by atoms with Crippen LogP contribution in [-0.2, 0) is 10.3 Å². The fourth-order valence-electron chi connectivity index (χ4n) is 2.81. The van der Waals surface area contributed by atoms with Crippen LogP contribution in [-0.4, -0.2) is 18.3 Å². The number of unbranched alkanes of at least 4 members (excludes halogenated alkanes) is 1. The molecule has 1 aromatic rings. The highest BCUT2D eigenvalue weighted by atomic mass is 35.5. The zero-order chi connectivity index (χ0) is 15.0. The van der Waals surface area contributed by atoms with Crippen LogP contribution in [0.4, 0.5) is 0 Å². The lowest BCUT2D eigenvalue weighted by Gasteiger charge is -2.38. The van der Waals surface area contributed by atoms with Crippen molar-refractivity contribution in [2.24, 2.45) is 5.92 Å². The van der Waals surface area contributed by atoms with E-state index < -0.39 is 5.60 Å². The van der Waals surface area contributed by atoms with Crippen LogP contribution in [0.3, 0.4) is 0 Å². The van der Waals surface area contributed by atoms with E-state index in [4.69, 9.17) is 21.4 Å². The summed E-state index contributed by atoms with van der Waals surface area (Å²) in [7, 11) is 0. The molecule has 0 spiro atoms. The molecular weight excluding hydrogens is 272 g/mol. The molecule has 114 valence electrons. The first-order valence-corrected chi connectivity index (χ1v) is 7.97. The van der Waals surface area contributed by atoms with Crippen molar-refractivity contribution in [3.63, 3.8) is 0 Å². The number of halogens is 1. The van der Waals surface area contributed by atoms with Gasteiger partial charge in [-0.25, -0.2) is 0 Å². The third-order valence-corrected chi connectivity index (χ3v) is 4.30. The Kier molecular flexibility index (Phi) is 7.57. The van der Waals surface area contributed by atoms with Crippen molar-refractivity contribution in [1.82, 2.24) is 0 Å². The number of aliphatic hydroxyl groups is 1. The zero-order valence-electron chi connectivity index (χ0n) is 12.9. The van der Waals surface area contributed by atoms with Crippen molar-refractivity contribution in [1.29, 1.82) is 0 Å². The smallest absolute Gasteiger partial charge is 0.0932 e. The second-order valence-electron chi connectivity index (χ2n) is 5.44. The lowest BCUT2D eigenvalue weighted by atomic mass is 9.78. The van der Waals surface area contributed by atoms with E-state index in [0.29, 0.717) is 12.5 Å². The minimum atomic E-state index is -0.391. The first-order valence-electron chi connectivity index (χ1n) is 7.59. The number of benzene rings is 1. The Morgan fingerprint density at radius 3 is 2.65 bits per heavy atom. The molecule has 0 radical (unpaired) electrons. The molecule has 0 aliphatic heterocycles. The van der Waals surface area contributed by atoms with Crippen LogP contribution >= 0.6 is 11.6 Å². The van der Waals surface area contributed by atoms with Gasteiger partial charge in [-0.2, -0.15) is 0 Å². The van der Waals surface area contributed by atoms with Crippen LogP contribution in [0.15, 0.2) is 24.3 Å². The molecule has 0 heterocycles. The van der Waals surface area contributed by atoms with Gasteiger partial charge in [-0.15, -0.1) is 0 Å². The molecule has 20 heavy (non-hydrogen) atoms. The summed E-state index contributed by atoms with van der Waals surface area (Å²) in [5, 5.41) is 9.84. The summed E-state index contributed by atoms with van der Waals surface area (Å²) in [6.07, 6.45) is 4.55. The lowest BCUT2D eigenvalue weighted by molar-refractivity contribution is -0.0936. The Bertz CT molecular complexity index is 394. The van der Waals surface area contributed by atoms with Crippen LogP contribution in [0.5, 0.6) is 0 Å². The predicted octanol–water partition coefficient (Wildman–Crippen LogP) is 4.78. The Morgan fingerprint density at radius 1 is 1.35 bits per heavy atom. The Hall–Kier alpha value is -0.570. The highest BCUT2D eigenvalue weighted by molar-refractivity contribution is 6.30. The van der Waals surface area contributed by atoms with Crippen LogP contribution < -0.4 is 0 Å². The molecule has 0 fully saturated rings. The maximum absolute atomic E-state index is 9.11. The molecule has 0 aliphatic carbocycles. The standard InChI is InChI=1S/C17H27ClO2/c1-4-6-8-14(5-2)17(3,20-12-11-19)15-9-7-10-16(18)13-15/h7,9-10,13-14,19H,4-6,8,11-12H2,1-3H3/t14-,17+/m0/s1. The van der Waals surface area contributed by atoms with E-state index in [1.54, 1.807) is 0 Å². The van der Waals surface area contributed by atoms with Gasteiger partial charge in [0.15, 0.2) is 0 Å². The normalized spacial score (nSPS) is 15.8. The largest absolute Gasteiger partial charge is 0.394 e. The van der Waals surface area contributed by atoms with Gasteiger partial charge < -0.3 is 9.84 Å². The van der Waals surface area contributed by atoms with E-state index in [0.717, 1.165) is 23.4 Å². The summed E-state index contributed by atoms with van der Waals surface area (Å²) in [6, 6.07) is 7.89. The van der Waals surface area contributed by atoms with E-state index in [1.807, 2.05) is 18.2 Å². The summed E-state index contributed by atoms with van der Waals surface area (Å²) >= 11 is 6.13. The number of rotatable bonds is 9. The van der Waals surface area contributed by atoms with Gasteiger partial charge in [0.2, 0.25) is 0 Å². The van der Waals surface area contributed by atoms with Gasteiger partial charge in [-0.1, -0.05) is 56.8 Å². The topological polar surface area (TPSA) is 29.5 Å². The van der Waals surface area contributed by atoms with E-state index >= 15 is 0 Å². The summed E-state index contributed by atoms with van der Waals surface area (Å²) < 4.78 is 6.06. The van der Waals surface area contributed by atoms with Gasteiger partial charge in [0.25, 0.3) is 0 Å². The average molecular weight is 299 g/mol. The van der Waals surface area contributed by atoms with E-state index in [-0.39, 0.29) is 6.61 Å². The van der Waals surface area contributed by atoms with Crippen molar-refractivity contribution in [2.45, 2.75) is 52.1 Å². The molecule has 0 bridgehead atoms. The number of hydrogen-bond donors (Lipinski definition) is 1. The quantitative estimate of drug-likeness (QED) is 0.711. The molecule has 0 aromatic heterocycles. The van der Waals surface area contributed by atoms with Gasteiger partial charge in [0.1, 0.15) is 0 Å². The SMILES string of the molecule is CCCC[C@H](CC)[C@@](C)(OCCO)c1cccc(Cl)c1. The first kappa shape index (κ1) is 17.5. The molecule has 2 atom stereocenters. The fourth-order valence-corrected chi connectivity index (χ4v) is 3.00. The number of hydrogen-bond acceptors (Lipinski definition) is 2. The molecule has 0 aliphatic rings. The fraction of sp³-hybridized carbons (Fsp3) is 0.647. The highest BCUT2D eigenvalue weighted by Crippen LogP contribution is 2.39. The summed E-state index contributed by atoms with van der Waals surface area (Å²) in [4.78, 5) is 0. The van der Waals surface area contributed by atoms with Gasteiger partial charge >= 0.3 is 0 Å². The third-order valence-electron chi connectivity index (χ3n) is 4.07. The monoisotopic (exact) mass is 298 g/mol. The van der Waals surface area contributed by atoms with E-state index in [2.05, 4.69) is 26.8 Å². The maximum atomic E-state index is 9.11. The van der Waals surface area contributed by atoms with E-state index in [9.17, 15) is 0 Å². The predicted molar refractivity (Wildman–Crippen MR) is 85.1 cm³/mol. The van der Waals surface area contributed by atoms with Crippen molar-refractivity contribution < 1.29 is 9.84 Å². The van der Waals surface area contributed by atoms with Gasteiger partial charge in [0.05, 0.1) is 18.8 Å².